The molecule has 2 aromatic heterocycles. The molecular weight excluding hydrogens is 545 g/mol. The smallest absolute Gasteiger partial charge is 0.227 e. The Bertz CT molecular complexity index is 1400. The van der Waals surface area contributed by atoms with Gasteiger partial charge < -0.3 is 14.5 Å². The van der Waals surface area contributed by atoms with Crippen molar-refractivity contribution in [1.82, 2.24) is 29.6 Å². The first-order valence-corrected chi connectivity index (χ1v) is 15.2. The number of ether oxygens (including phenoxy) is 1. The number of benzene rings is 1. The van der Waals surface area contributed by atoms with E-state index in [-0.39, 0.29) is 12.3 Å². The Labute approximate surface area is 244 Å². The molecule has 2 atom stereocenters. The monoisotopic (exact) mass is 579 g/mol. The Kier molecular flexibility index (Phi) is 7.27. The molecule has 0 radical (unpaired) electrons. The van der Waals surface area contributed by atoms with E-state index < -0.39 is 5.82 Å². The Balaban J connectivity index is 0.840. The van der Waals surface area contributed by atoms with Crippen molar-refractivity contribution in [1.29, 1.82) is 0 Å². The Hall–Kier alpha value is -3.27. The Morgan fingerprint density at radius 1 is 1.07 bits per heavy atom. The highest BCUT2D eigenvalue weighted by Gasteiger charge is 2.43. The summed E-state index contributed by atoms with van der Waals surface area (Å²) in [6.07, 6.45) is 10.2. The van der Waals surface area contributed by atoms with Crippen LogP contribution in [0, 0.1) is 23.6 Å². The van der Waals surface area contributed by atoms with Gasteiger partial charge in [0, 0.05) is 31.6 Å². The second kappa shape index (κ2) is 11.2. The van der Waals surface area contributed by atoms with Gasteiger partial charge in [-0.15, -0.1) is 0 Å². The minimum atomic E-state index is -0.396. The van der Waals surface area contributed by atoms with Crippen LogP contribution in [0.4, 0.5) is 10.3 Å². The summed E-state index contributed by atoms with van der Waals surface area (Å²) in [7, 11) is 0. The maximum absolute atomic E-state index is 14.9. The second-order valence-corrected chi connectivity index (χ2v) is 12.4. The predicted octanol–water partition coefficient (Wildman–Crippen LogP) is 4.64. The minimum absolute atomic E-state index is 0.0302. The summed E-state index contributed by atoms with van der Waals surface area (Å²) >= 11 is 5.91. The fourth-order valence-corrected chi connectivity index (χ4v) is 6.52. The Morgan fingerprint density at radius 2 is 1.88 bits per heavy atom. The number of anilines is 1. The SMILES string of the molecule is O=C(Cc1ccc(OCC[C@@H]2C[C@@H]2C2CCN(c3ncc(Cl)cn3)CC2)cc1F)N1CCn2nc(C3CC3)nc2C1. The van der Waals surface area contributed by atoms with E-state index >= 15 is 0 Å². The number of piperidine rings is 1. The van der Waals surface area contributed by atoms with E-state index in [2.05, 4.69) is 25.0 Å². The fraction of sp³-hybridized carbons (Fsp3) is 0.567. The molecule has 2 saturated carbocycles. The van der Waals surface area contributed by atoms with Crippen molar-refractivity contribution in [3.05, 3.63) is 58.6 Å². The van der Waals surface area contributed by atoms with Crippen molar-refractivity contribution >= 4 is 23.5 Å². The molecule has 4 aliphatic rings. The van der Waals surface area contributed by atoms with Crippen molar-refractivity contribution in [2.75, 3.05) is 31.1 Å². The van der Waals surface area contributed by atoms with Crippen molar-refractivity contribution in [2.45, 2.75) is 64.0 Å². The highest BCUT2D eigenvalue weighted by atomic mass is 35.5. The molecular formula is C30H35ClFN7O2. The van der Waals surface area contributed by atoms with Crippen molar-refractivity contribution in [3.63, 3.8) is 0 Å². The molecule has 1 saturated heterocycles. The first-order valence-electron chi connectivity index (χ1n) is 14.9. The van der Waals surface area contributed by atoms with Gasteiger partial charge in [-0.05, 0) is 67.9 Å². The van der Waals surface area contributed by atoms with E-state index in [1.165, 1.54) is 12.5 Å². The molecule has 3 aromatic rings. The number of halogens is 2. The molecule has 1 amide bonds. The fourth-order valence-electron chi connectivity index (χ4n) is 6.42. The quantitative estimate of drug-likeness (QED) is 0.365. The van der Waals surface area contributed by atoms with E-state index in [1.54, 1.807) is 29.4 Å². The molecule has 1 aromatic carbocycles. The van der Waals surface area contributed by atoms with Crippen molar-refractivity contribution in [2.24, 2.45) is 17.8 Å². The first kappa shape index (κ1) is 26.6. The van der Waals surface area contributed by atoms with Gasteiger partial charge in [0.1, 0.15) is 17.4 Å². The molecule has 7 rings (SSSR count). The number of rotatable bonds is 9. The summed E-state index contributed by atoms with van der Waals surface area (Å²) in [5.74, 6) is 5.16. The lowest BCUT2D eigenvalue weighted by atomic mass is 9.90. The molecule has 4 heterocycles. The molecule has 0 bridgehead atoms. The number of aromatic nitrogens is 5. The molecule has 2 aliphatic carbocycles. The molecule has 0 N–H and O–H groups in total. The van der Waals surface area contributed by atoms with E-state index in [1.807, 2.05) is 4.68 Å². The van der Waals surface area contributed by atoms with Crippen LogP contribution in [0.25, 0.3) is 0 Å². The van der Waals surface area contributed by atoms with Gasteiger partial charge in [-0.3, -0.25) is 4.79 Å². The average Bonchev–Trinajstić information content (AvgIpc) is 3.92. The minimum Gasteiger partial charge on any atom is -0.493 e. The summed E-state index contributed by atoms with van der Waals surface area (Å²) < 4.78 is 22.7. The van der Waals surface area contributed by atoms with Crippen molar-refractivity contribution in [3.8, 4) is 5.75 Å². The molecule has 11 heteroatoms. The van der Waals surface area contributed by atoms with Crippen molar-refractivity contribution < 1.29 is 13.9 Å². The Morgan fingerprint density at radius 3 is 2.63 bits per heavy atom. The largest absolute Gasteiger partial charge is 0.493 e. The highest BCUT2D eigenvalue weighted by molar-refractivity contribution is 6.30. The third-order valence-corrected chi connectivity index (χ3v) is 9.30. The summed E-state index contributed by atoms with van der Waals surface area (Å²) in [4.78, 5) is 30.3. The molecule has 0 spiro atoms. The molecule has 41 heavy (non-hydrogen) atoms. The number of fused-ring (bicyclic) bond motifs is 1. The van der Waals surface area contributed by atoms with Gasteiger partial charge in [0.2, 0.25) is 11.9 Å². The lowest BCUT2D eigenvalue weighted by molar-refractivity contribution is -0.132. The number of hydrogen-bond donors (Lipinski definition) is 0. The predicted molar refractivity (Wildman–Crippen MR) is 151 cm³/mol. The third-order valence-electron chi connectivity index (χ3n) is 9.11. The topological polar surface area (TPSA) is 89.3 Å². The van der Waals surface area contributed by atoms with Gasteiger partial charge in [-0.25, -0.2) is 24.0 Å². The zero-order valence-electron chi connectivity index (χ0n) is 23.1. The number of carbonyl (C=O) groups is 1. The van der Waals surface area contributed by atoms with E-state index in [0.717, 1.165) is 74.6 Å². The van der Waals surface area contributed by atoms with Gasteiger partial charge in [0.15, 0.2) is 5.82 Å². The van der Waals surface area contributed by atoms with Crippen LogP contribution in [0.1, 0.15) is 61.7 Å². The van der Waals surface area contributed by atoms with Crippen LogP contribution >= 0.6 is 11.6 Å². The maximum Gasteiger partial charge on any atom is 0.227 e. The van der Waals surface area contributed by atoms with Crippen LogP contribution in [-0.2, 0) is 24.3 Å². The molecule has 216 valence electrons. The normalized spacial score (nSPS) is 22.5. The van der Waals surface area contributed by atoms with E-state index in [9.17, 15) is 9.18 Å². The van der Waals surface area contributed by atoms with Gasteiger partial charge in [0.25, 0.3) is 0 Å². The number of amides is 1. The first-order chi connectivity index (χ1) is 20.0. The average molecular weight is 580 g/mol. The third kappa shape index (κ3) is 6.03. The van der Waals surface area contributed by atoms with E-state index in [4.69, 9.17) is 16.3 Å². The summed E-state index contributed by atoms with van der Waals surface area (Å²) in [5, 5.41) is 5.14. The number of carbonyl (C=O) groups excluding carboxylic acids is 1. The summed E-state index contributed by atoms with van der Waals surface area (Å²) in [6, 6.07) is 4.87. The van der Waals surface area contributed by atoms with Crippen LogP contribution in [0.5, 0.6) is 5.75 Å². The standard InChI is InChI=1S/C30H35ClFN7O2/c31-23-16-33-30(34-17-23)37-8-5-19(6-9-37)25-13-21(25)7-12-41-24-4-3-22(26(32)15-24)14-28(40)38-10-11-39-27(18-38)35-29(36-39)20-1-2-20/h3-4,15-17,19-21,25H,1-2,5-14,18H2/t21-,25-/m1/s1. The van der Waals surface area contributed by atoms with Crippen LogP contribution in [0.2, 0.25) is 5.02 Å². The lowest BCUT2D eigenvalue weighted by Gasteiger charge is -2.32. The van der Waals surface area contributed by atoms with Crippen LogP contribution in [0.3, 0.4) is 0 Å². The van der Waals surface area contributed by atoms with Gasteiger partial charge in [0.05, 0.1) is 43.5 Å². The summed E-state index contributed by atoms with van der Waals surface area (Å²) in [6.45, 7) is 4.16. The van der Waals surface area contributed by atoms with Gasteiger partial charge in [-0.2, -0.15) is 5.10 Å². The van der Waals surface area contributed by atoms with Crippen LogP contribution in [-0.4, -0.2) is 61.8 Å². The maximum atomic E-state index is 14.9. The zero-order valence-corrected chi connectivity index (χ0v) is 23.8. The number of hydrogen-bond acceptors (Lipinski definition) is 7. The molecule has 9 nitrogen and oxygen atoms in total. The van der Waals surface area contributed by atoms with E-state index in [0.29, 0.717) is 54.4 Å². The van der Waals surface area contributed by atoms with Crippen LogP contribution < -0.4 is 9.64 Å². The van der Waals surface area contributed by atoms with Gasteiger partial charge >= 0.3 is 0 Å². The lowest BCUT2D eigenvalue weighted by Crippen LogP contribution is -2.39. The zero-order chi connectivity index (χ0) is 27.9. The molecule has 0 unspecified atom stereocenters. The highest BCUT2D eigenvalue weighted by Crippen LogP contribution is 2.50. The number of nitrogens with zero attached hydrogens (tertiary/aromatic N) is 7. The van der Waals surface area contributed by atoms with Gasteiger partial charge in [-0.1, -0.05) is 17.7 Å². The molecule has 3 fully saturated rings. The van der Waals surface area contributed by atoms with Crippen LogP contribution in [0.15, 0.2) is 30.6 Å². The molecule has 2 aliphatic heterocycles. The summed E-state index contributed by atoms with van der Waals surface area (Å²) in [5.41, 5.74) is 0.394. The second-order valence-electron chi connectivity index (χ2n) is 12.0.